The van der Waals surface area contributed by atoms with Crippen LogP contribution in [0.1, 0.15) is 25.3 Å². The molecule has 1 aromatic rings. The van der Waals surface area contributed by atoms with Crippen LogP contribution in [0.2, 0.25) is 0 Å². The maximum absolute atomic E-state index is 5.58. The molecule has 3 heteroatoms. The van der Waals surface area contributed by atoms with Gasteiger partial charge in [0.2, 0.25) is 0 Å². The molecule has 1 rings (SSSR count). The summed E-state index contributed by atoms with van der Waals surface area (Å²) >= 11 is 1.83. The number of rotatable bonds is 9. The number of benzene rings is 1. The predicted octanol–water partition coefficient (Wildman–Crippen LogP) is 4.47. The van der Waals surface area contributed by atoms with Crippen molar-refractivity contribution >= 4 is 11.8 Å². The second-order valence-electron chi connectivity index (χ2n) is 5.24. The number of thioether (sulfide) groups is 1. The summed E-state index contributed by atoms with van der Waals surface area (Å²) in [4.78, 5) is 1.28. The molecule has 0 saturated carbocycles. The van der Waals surface area contributed by atoms with Gasteiger partial charge in [-0.3, -0.25) is 0 Å². The van der Waals surface area contributed by atoms with Crippen molar-refractivity contribution in [2.75, 3.05) is 20.0 Å². The maximum atomic E-state index is 5.58. The van der Waals surface area contributed by atoms with Gasteiger partial charge >= 0.3 is 0 Å². The van der Waals surface area contributed by atoms with Crippen molar-refractivity contribution in [1.29, 1.82) is 0 Å². The van der Waals surface area contributed by atoms with Crippen molar-refractivity contribution in [3.05, 3.63) is 42.0 Å². The molecule has 0 aliphatic carbocycles. The minimum atomic E-state index is 0.191. The van der Waals surface area contributed by atoms with Gasteiger partial charge in [0, 0.05) is 31.3 Å². The zero-order chi connectivity index (χ0) is 15.0. The molecule has 0 fully saturated rings. The van der Waals surface area contributed by atoms with Crippen molar-refractivity contribution in [1.82, 2.24) is 0 Å². The molecule has 0 amide bonds. The molecule has 0 heterocycles. The summed E-state index contributed by atoms with van der Waals surface area (Å²) in [6, 6.07) is 8.61. The third-order valence-corrected chi connectivity index (χ3v) is 4.37. The van der Waals surface area contributed by atoms with Crippen molar-refractivity contribution in [3.63, 3.8) is 0 Å². The molecule has 20 heavy (non-hydrogen) atoms. The molecule has 2 nitrogen and oxygen atoms in total. The summed E-state index contributed by atoms with van der Waals surface area (Å²) in [6.07, 6.45) is 2.19. The first-order chi connectivity index (χ1) is 9.55. The highest BCUT2D eigenvalue weighted by Crippen LogP contribution is 2.22. The van der Waals surface area contributed by atoms with Gasteiger partial charge in [0.05, 0.1) is 12.2 Å². The summed E-state index contributed by atoms with van der Waals surface area (Å²) in [5.41, 5.74) is 2.44. The first-order valence-corrected chi connectivity index (χ1v) is 7.93. The Kier molecular flexibility index (Phi) is 7.97. The number of hydrogen-bond acceptors (Lipinski definition) is 3. The minimum Gasteiger partial charge on any atom is -0.381 e. The Morgan fingerprint density at radius 1 is 1.15 bits per heavy atom. The first-order valence-electron chi connectivity index (χ1n) is 6.94. The van der Waals surface area contributed by atoms with Crippen LogP contribution in [0.3, 0.4) is 0 Å². The van der Waals surface area contributed by atoms with Gasteiger partial charge in [-0.05, 0) is 32.4 Å². The van der Waals surface area contributed by atoms with Crippen LogP contribution in [0.4, 0.5) is 0 Å². The van der Waals surface area contributed by atoms with Gasteiger partial charge < -0.3 is 9.47 Å². The third-order valence-electron chi connectivity index (χ3n) is 3.23. The molecule has 0 aliphatic rings. The Balaban J connectivity index is 2.45. The topological polar surface area (TPSA) is 18.5 Å². The van der Waals surface area contributed by atoms with E-state index in [0.717, 1.165) is 24.2 Å². The molecule has 112 valence electrons. The molecule has 0 bridgehead atoms. The van der Waals surface area contributed by atoms with Gasteiger partial charge in [0.15, 0.2) is 0 Å². The lowest BCUT2D eigenvalue weighted by atomic mass is 10.1. The third kappa shape index (κ3) is 6.60. The molecule has 0 spiro atoms. The maximum Gasteiger partial charge on any atom is 0.0690 e. The Labute approximate surface area is 127 Å². The van der Waals surface area contributed by atoms with E-state index in [2.05, 4.69) is 37.8 Å². The fraction of sp³-hybridized carbons (Fsp3) is 0.529. The lowest BCUT2D eigenvalue weighted by Crippen LogP contribution is -2.23. The minimum absolute atomic E-state index is 0.191. The Morgan fingerprint density at radius 2 is 1.75 bits per heavy atom. The van der Waals surface area contributed by atoms with Crippen LogP contribution >= 0.6 is 11.8 Å². The van der Waals surface area contributed by atoms with Gasteiger partial charge in [-0.2, -0.15) is 0 Å². The normalized spacial score (nSPS) is 14.0. The van der Waals surface area contributed by atoms with Crippen molar-refractivity contribution < 1.29 is 9.47 Å². The zero-order valence-electron chi connectivity index (χ0n) is 13.0. The highest BCUT2D eigenvalue weighted by molar-refractivity contribution is 7.99. The van der Waals surface area contributed by atoms with Crippen LogP contribution in [0, 0.1) is 6.92 Å². The number of methoxy groups -OCH3 is 2. The molecular weight excluding hydrogens is 268 g/mol. The van der Waals surface area contributed by atoms with E-state index in [1.807, 2.05) is 18.7 Å². The lowest BCUT2D eigenvalue weighted by molar-refractivity contribution is 0.0331. The fourth-order valence-electron chi connectivity index (χ4n) is 2.00. The Morgan fingerprint density at radius 3 is 2.25 bits per heavy atom. The smallest absolute Gasteiger partial charge is 0.0690 e. The van der Waals surface area contributed by atoms with Gasteiger partial charge in [0.25, 0.3) is 0 Å². The van der Waals surface area contributed by atoms with Gasteiger partial charge in [-0.15, -0.1) is 18.3 Å². The van der Waals surface area contributed by atoms with Gasteiger partial charge in [0.1, 0.15) is 0 Å². The molecule has 0 aliphatic heterocycles. The van der Waals surface area contributed by atoms with Crippen LogP contribution in [-0.2, 0) is 9.47 Å². The van der Waals surface area contributed by atoms with Crippen molar-refractivity contribution in [3.8, 4) is 0 Å². The second-order valence-corrected chi connectivity index (χ2v) is 6.33. The van der Waals surface area contributed by atoms with Crippen LogP contribution in [0.25, 0.3) is 0 Å². The second kappa shape index (κ2) is 9.22. The van der Waals surface area contributed by atoms with Crippen LogP contribution in [0.15, 0.2) is 41.3 Å². The lowest BCUT2D eigenvalue weighted by Gasteiger charge is -2.21. The fourth-order valence-corrected chi connectivity index (χ4v) is 2.98. The number of ether oxygens (including phenoxy) is 2. The quantitative estimate of drug-likeness (QED) is 0.494. The molecule has 0 aromatic heterocycles. The largest absolute Gasteiger partial charge is 0.381 e. The highest BCUT2D eigenvalue weighted by atomic mass is 32.2. The van der Waals surface area contributed by atoms with Gasteiger partial charge in [-0.25, -0.2) is 0 Å². The van der Waals surface area contributed by atoms with Crippen LogP contribution in [-0.4, -0.2) is 32.2 Å². The van der Waals surface area contributed by atoms with E-state index in [1.165, 1.54) is 10.5 Å². The van der Waals surface area contributed by atoms with Crippen LogP contribution in [0.5, 0.6) is 0 Å². The molecular formula is C17H26O2S. The molecule has 0 N–H and O–H groups in total. The number of hydrogen-bond donors (Lipinski definition) is 0. The molecule has 2 atom stereocenters. The molecule has 0 unspecified atom stereocenters. The summed E-state index contributed by atoms with van der Waals surface area (Å²) in [7, 11) is 3.53. The Hall–Kier alpha value is -0.770. The Bertz CT molecular complexity index is 400. The summed E-state index contributed by atoms with van der Waals surface area (Å²) in [6.45, 7) is 8.09. The van der Waals surface area contributed by atoms with E-state index < -0.39 is 0 Å². The van der Waals surface area contributed by atoms with E-state index >= 15 is 0 Å². The SMILES string of the molecule is C=C(C)C[C@@H](C[C@@H](CSc1ccc(C)cc1)OC)OC. The number of aryl methyl sites for hydroxylation is 1. The van der Waals surface area contributed by atoms with E-state index in [0.29, 0.717) is 0 Å². The van der Waals surface area contributed by atoms with E-state index in [1.54, 1.807) is 14.2 Å². The average molecular weight is 294 g/mol. The summed E-state index contributed by atoms with van der Waals surface area (Å²) in [5, 5.41) is 0. The zero-order valence-corrected chi connectivity index (χ0v) is 13.8. The highest BCUT2D eigenvalue weighted by Gasteiger charge is 2.16. The predicted molar refractivity (Wildman–Crippen MR) is 87.5 cm³/mol. The van der Waals surface area contributed by atoms with Gasteiger partial charge in [-0.1, -0.05) is 23.3 Å². The average Bonchev–Trinajstić information content (AvgIpc) is 2.43. The van der Waals surface area contributed by atoms with E-state index in [-0.39, 0.29) is 12.2 Å². The molecule has 0 saturated heterocycles. The van der Waals surface area contributed by atoms with Crippen LogP contribution < -0.4 is 0 Å². The van der Waals surface area contributed by atoms with E-state index in [4.69, 9.17) is 9.47 Å². The molecule has 1 aromatic carbocycles. The summed E-state index contributed by atoms with van der Waals surface area (Å²) < 4.78 is 11.1. The molecule has 0 radical (unpaired) electrons. The van der Waals surface area contributed by atoms with Crippen molar-refractivity contribution in [2.24, 2.45) is 0 Å². The standard InChI is InChI=1S/C17H26O2S/c1-13(2)10-15(18-4)11-16(19-5)12-20-17-8-6-14(3)7-9-17/h6-9,15-16H,1,10-12H2,2-5H3/t15-,16-/m0/s1. The monoisotopic (exact) mass is 294 g/mol. The first kappa shape index (κ1) is 17.3. The van der Waals surface area contributed by atoms with E-state index in [9.17, 15) is 0 Å². The van der Waals surface area contributed by atoms with Crippen molar-refractivity contribution in [2.45, 2.75) is 43.8 Å². The summed E-state index contributed by atoms with van der Waals surface area (Å²) in [5.74, 6) is 0.940.